The van der Waals surface area contributed by atoms with Gasteiger partial charge in [0, 0.05) is 0 Å². The van der Waals surface area contributed by atoms with Crippen molar-refractivity contribution in [1.82, 2.24) is 0 Å². The predicted octanol–water partition coefficient (Wildman–Crippen LogP) is 0.464. The number of aliphatic hydroxyl groups excluding tert-OH is 2. The van der Waals surface area contributed by atoms with E-state index in [9.17, 15) is 4.79 Å². The van der Waals surface area contributed by atoms with Crippen molar-refractivity contribution in [2.24, 2.45) is 5.92 Å². The molecule has 1 rings (SSSR count). The Kier molecular flexibility index (Phi) is 1.09. The van der Waals surface area contributed by atoms with Gasteiger partial charge in [-0.2, -0.15) is 0 Å². The number of ether oxygens (including phenoxy) is 1. The van der Waals surface area contributed by atoms with E-state index in [1.807, 2.05) is 0 Å². The third-order valence-corrected chi connectivity index (χ3v) is 1.18. The average molecular weight is 130 g/mol. The molecule has 1 aliphatic heterocycles. The Balaban J connectivity index is 2.87. The third-order valence-electron chi connectivity index (χ3n) is 1.18. The minimum Gasteiger partial charge on any atom is -0.505 e. The first-order valence-corrected chi connectivity index (χ1v) is 2.46. The lowest BCUT2D eigenvalue weighted by Gasteiger charge is -1.91. The fourth-order valence-corrected chi connectivity index (χ4v) is 0.533. The van der Waals surface area contributed by atoms with E-state index < -0.39 is 17.8 Å². The zero-order valence-electron chi connectivity index (χ0n) is 4.79. The Morgan fingerprint density at radius 2 is 2.11 bits per heavy atom. The smallest absolute Gasteiger partial charge is 0.324 e. The van der Waals surface area contributed by atoms with Gasteiger partial charge in [0.2, 0.25) is 0 Å². The molecule has 2 N–H and O–H groups in total. The summed E-state index contributed by atoms with van der Waals surface area (Å²) in [7, 11) is 0. The van der Waals surface area contributed by atoms with Gasteiger partial charge >= 0.3 is 11.9 Å². The Morgan fingerprint density at radius 1 is 1.56 bits per heavy atom. The molecule has 0 radical (unpaired) electrons. The molecule has 1 heterocycles. The molecule has 0 aromatic carbocycles. The van der Waals surface area contributed by atoms with Gasteiger partial charge in [-0.15, -0.1) is 0 Å². The van der Waals surface area contributed by atoms with Crippen molar-refractivity contribution in [3.63, 3.8) is 0 Å². The van der Waals surface area contributed by atoms with Crippen molar-refractivity contribution in [3.05, 3.63) is 11.7 Å². The molecule has 50 valence electrons. The molecule has 0 saturated carbocycles. The van der Waals surface area contributed by atoms with Crippen LogP contribution in [0.2, 0.25) is 0 Å². The fourth-order valence-electron chi connectivity index (χ4n) is 0.533. The van der Waals surface area contributed by atoms with E-state index in [-0.39, 0.29) is 5.76 Å². The summed E-state index contributed by atoms with van der Waals surface area (Å²) in [6.07, 6.45) is 0. The normalized spacial score (nSPS) is 26.8. The van der Waals surface area contributed by atoms with Crippen molar-refractivity contribution < 1.29 is 19.7 Å². The molecule has 0 amide bonds. The number of carbonyl (C=O) groups is 1. The first-order chi connectivity index (χ1) is 4.13. The highest BCUT2D eigenvalue weighted by atomic mass is 16.6. The summed E-state index contributed by atoms with van der Waals surface area (Å²) in [5.41, 5.74) is 0. The van der Waals surface area contributed by atoms with E-state index in [4.69, 9.17) is 10.2 Å². The second-order valence-corrected chi connectivity index (χ2v) is 1.83. The second-order valence-electron chi connectivity index (χ2n) is 1.83. The molecule has 1 atom stereocenters. The fraction of sp³-hybridized carbons (Fsp3) is 0.400. The molecule has 4 nitrogen and oxygen atoms in total. The molecular formula is C5H6O4. The zero-order valence-corrected chi connectivity index (χ0v) is 4.79. The first-order valence-electron chi connectivity index (χ1n) is 2.46. The quantitative estimate of drug-likeness (QED) is 0.467. The van der Waals surface area contributed by atoms with Gasteiger partial charge in [0.15, 0.2) is 5.76 Å². The molecule has 1 aliphatic rings. The van der Waals surface area contributed by atoms with Crippen LogP contribution in [0.5, 0.6) is 0 Å². The lowest BCUT2D eigenvalue weighted by molar-refractivity contribution is -0.142. The van der Waals surface area contributed by atoms with Gasteiger partial charge in [-0.25, -0.2) is 0 Å². The Morgan fingerprint density at radius 3 is 2.22 bits per heavy atom. The third kappa shape index (κ3) is 0.718. The predicted molar refractivity (Wildman–Crippen MR) is 27.5 cm³/mol. The van der Waals surface area contributed by atoms with Crippen molar-refractivity contribution in [1.29, 1.82) is 0 Å². The van der Waals surface area contributed by atoms with Crippen molar-refractivity contribution >= 4 is 5.97 Å². The van der Waals surface area contributed by atoms with Crippen molar-refractivity contribution in [2.75, 3.05) is 0 Å². The highest BCUT2D eigenvalue weighted by Gasteiger charge is 2.31. The SMILES string of the molecule is CC1C(=O)OC(O)=C1O. The number of cyclic esters (lactones) is 1. The highest BCUT2D eigenvalue weighted by Crippen LogP contribution is 2.21. The van der Waals surface area contributed by atoms with E-state index in [2.05, 4.69) is 4.74 Å². The molecule has 0 fully saturated rings. The van der Waals surface area contributed by atoms with Crippen LogP contribution < -0.4 is 0 Å². The summed E-state index contributed by atoms with van der Waals surface area (Å²) >= 11 is 0. The molecule has 9 heavy (non-hydrogen) atoms. The van der Waals surface area contributed by atoms with Gasteiger partial charge in [0.25, 0.3) is 0 Å². The number of carbonyl (C=O) groups excluding carboxylic acids is 1. The van der Waals surface area contributed by atoms with Crippen LogP contribution in [0.4, 0.5) is 0 Å². The lowest BCUT2D eigenvalue weighted by atomic mass is 10.2. The maximum absolute atomic E-state index is 10.4. The van der Waals surface area contributed by atoms with Crippen LogP contribution in [0.15, 0.2) is 11.7 Å². The summed E-state index contributed by atoms with van der Waals surface area (Å²) in [5, 5.41) is 17.2. The van der Waals surface area contributed by atoms with Crippen LogP contribution in [0.25, 0.3) is 0 Å². The van der Waals surface area contributed by atoms with E-state index in [0.29, 0.717) is 0 Å². The number of esters is 1. The van der Waals surface area contributed by atoms with Crippen LogP contribution in [0, 0.1) is 5.92 Å². The van der Waals surface area contributed by atoms with Crippen LogP contribution in [0.1, 0.15) is 6.92 Å². The van der Waals surface area contributed by atoms with Crippen LogP contribution in [-0.4, -0.2) is 16.2 Å². The maximum Gasteiger partial charge on any atom is 0.324 e. The number of rotatable bonds is 0. The standard InChI is InChI=1S/C5H6O4/c1-2-3(6)5(8)9-4(2)7/h2,6,8H,1H3. The van der Waals surface area contributed by atoms with Crippen molar-refractivity contribution in [3.8, 4) is 0 Å². The molecule has 0 bridgehead atoms. The summed E-state index contributed by atoms with van der Waals surface area (Å²) in [4.78, 5) is 10.4. The van der Waals surface area contributed by atoms with E-state index in [0.717, 1.165) is 0 Å². The van der Waals surface area contributed by atoms with Gasteiger partial charge in [0.1, 0.15) is 5.92 Å². The van der Waals surface area contributed by atoms with Gasteiger partial charge in [-0.3, -0.25) is 4.79 Å². The Labute approximate surface area is 51.4 Å². The second kappa shape index (κ2) is 1.65. The van der Waals surface area contributed by atoms with E-state index in [1.54, 1.807) is 0 Å². The molecule has 1 unspecified atom stereocenters. The minimum atomic E-state index is -0.718. The van der Waals surface area contributed by atoms with E-state index in [1.165, 1.54) is 6.92 Å². The number of hydrogen-bond donors (Lipinski definition) is 2. The van der Waals surface area contributed by atoms with Gasteiger partial charge in [-0.1, -0.05) is 0 Å². The Hall–Kier alpha value is -1.19. The van der Waals surface area contributed by atoms with Crippen LogP contribution in [-0.2, 0) is 9.53 Å². The van der Waals surface area contributed by atoms with Crippen LogP contribution in [0.3, 0.4) is 0 Å². The summed E-state index contributed by atoms with van der Waals surface area (Å²) in [6, 6.07) is 0. The number of hydrogen-bond acceptors (Lipinski definition) is 4. The Bertz CT molecular complexity index is 181. The molecule has 0 aromatic rings. The summed E-state index contributed by atoms with van der Waals surface area (Å²) in [6.45, 7) is 1.45. The lowest BCUT2D eigenvalue weighted by Crippen LogP contribution is -2.06. The van der Waals surface area contributed by atoms with E-state index >= 15 is 0 Å². The van der Waals surface area contributed by atoms with Crippen molar-refractivity contribution in [2.45, 2.75) is 6.92 Å². The largest absolute Gasteiger partial charge is 0.505 e. The minimum absolute atomic E-state index is 0.389. The molecule has 0 spiro atoms. The zero-order chi connectivity index (χ0) is 7.02. The maximum atomic E-state index is 10.4. The topological polar surface area (TPSA) is 66.8 Å². The average Bonchev–Trinajstić information content (AvgIpc) is 1.98. The highest BCUT2D eigenvalue weighted by molar-refractivity contribution is 5.78. The summed E-state index contributed by atoms with van der Waals surface area (Å²) in [5.74, 6) is -2.40. The monoisotopic (exact) mass is 130 g/mol. The number of aliphatic hydroxyl groups is 2. The molecular weight excluding hydrogens is 124 g/mol. The van der Waals surface area contributed by atoms with Gasteiger partial charge < -0.3 is 14.9 Å². The first kappa shape index (κ1) is 5.94. The molecule has 4 heteroatoms. The molecule has 0 saturated heterocycles. The van der Waals surface area contributed by atoms with Gasteiger partial charge in [-0.05, 0) is 6.92 Å². The van der Waals surface area contributed by atoms with Crippen LogP contribution >= 0.6 is 0 Å². The van der Waals surface area contributed by atoms with Gasteiger partial charge in [0.05, 0.1) is 0 Å². The molecule has 0 aromatic heterocycles. The summed E-state index contributed by atoms with van der Waals surface area (Å²) < 4.78 is 4.13. The molecule has 0 aliphatic carbocycles.